The normalized spacial score (nSPS) is 24.5. The second-order valence-electron chi connectivity index (χ2n) is 4.22. The smallest absolute Gasteiger partial charge is 0.125 e. The van der Waals surface area contributed by atoms with Gasteiger partial charge in [0.2, 0.25) is 0 Å². The first-order valence-electron chi connectivity index (χ1n) is 5.51. The van der Waals surface area contributed by atoms with E-state index in [1.54, 1.807) is 7.11 Å². The molecule has 15 heavy (non-hydrogen) atoms. The Kier molecular flexibility index (Phi) is 2.70. The lowest BCUT2D eigenvalue weighted by Gasteiger charge is -2.34. The molecule has 0 fully saturated rings. The summed E-state index contributed by atoms with van der Waals surface area (Å²) >= 11 is 0. The molecule has 0 saturated heterocycles. The van der Waals surface area contributed by atoms with Crippen molar-refractivity contribution < 1.29 is 9.47 Å². The molecule has 0 N–H and O–H groups in total. The topological polar surface area (TPSA) is 18.5 Å². The van der Waals surface area contributed by atoms with Gasteiger partial charge in [0.1, 0.15) is 5.75 Å². The Labute approximate surface area is 91.2 Å². The van der Waals surface area contributed by atoms with Gasteiger partial charge < -0.3 is 9.47 Å². The van der Waals surface area contributed by atoms with Gasteiger partial charge >= 0.3 is 0 Å². The lowest BCUT2D eigenvalue weighted by Crippen LogP contribution is -2.31. The van der Waals surface area contributed by atoms with E-state index in [9.17, 15) is 0 Å². The molecule has 0 aromatic heterocycles. The van der Waals surface area contributed by atoms with Gasteiger partial charge in [-0.05, 0) is 31.0 Å². The molecule has 2 heteroatoms. The Morgan fingerprint density at radius 3 is 2.93 bits per heavy atom. The molecular formula is C13H18O2. The van der Waals surface area contributed by atoms with Crippen molar-refractivity contribution in [2.24, 2.45) is 0 Å². The van der Waals surface area contributed by atoms with Crippen molar-refractivity contribution in [2.75, 3.05) is 13.7 Å². The molecular weight excluding hydrogens is 188 g/mol. The number of hydrogen-bond donors (Lipinski definition) is 0. The molecule has 0 amide bonds. The van der Waals surface area contributed by atoms with Crippen LogP contribution in [0, 0.1) is 0 Å². The maximum Gasteiger partial charge on any atom is 0.125 e. The van der Waals surface area contributed by atoms with E-state index < -0.39 is 0 Å². The number of methoxy groups -OCH3 is 1. The first-order valence-corrected chi connectivity index (χ1v) is 5.51. The van der Waals surface area contributed by atoms with Gasteiger partial charge in [-0.15, -0.1) is 0 Å². The van der Waals surface area contributed by atoms with Crippen molar-refractivity contribution in [1.82, 2.24) is 0 Å². The summed E-state index contributed by atoms with van der Waals surface area (Å²) in [5, 5.41) is 0. The molecule has 0 saturated carbocycles. The van der Waals surface area contributed by atoms with E-state index in [0.29, 0.717) is 0 Å². The number of benzene rings is 1. The SMILES string of the molecule is CCc1ccc2c(c1)C(C)(OC)CCO2. The third-order valence-electron chi connectivity index (χ3n) is 3.31. The molecule has 0 spiro atoms. The lowest BCUT2D eigenvalue weighted by molar-refractivity contribution is -0.0290. The number of fused-ring (bicyclic) bond motifs is 1. The Bertz CT molecular complexity index is 360. The highest BCUT2D eigenvalue weighted by Crippen LogP contribution is 2.39. The molecule has 1 atom stereocenters. The predicted molar refractivity (Wildman–Crippen MR) is 60.3 cm³/mol. The van der Waals surface area contributed by atoms with Gasteiger partial charge in [-0.25, -0.2) is 0 Å². The van der Waals surface area contributed by atoms with Crippen LogP contribution in [0.1, 0.15) is 31.4 Å². The molecule has 1 aromatic rings. The fourth-order valence-electron chi connectivity index (χ4n) is 2.04. The number of ether oxygens (including phenoxy) is 2. The van der Waals surface area contributed by atoms with E-state index in [4.69, 9.17) is 9.47 Å². The minimum atomic E-state index is -0.182. The summed E-state index contributed by atoms with van der Waals surface area (Å²) in [5.41, 5.74) is 2.34. The summed E-state index contributed by atoms with van der Waals surface area (Å²) in [5.74, 6) is 0.975. The second kappa shape index (κ2) is 3.86. The molecule has 2 rings (SSSR count). The largest absolute Gasteiger partial charge is 0.493 e. The van der Waals surface area contributed by atoms with Gasteiger partial charge in [0.25, 0.3) is 0 Å². The molecule has 0 bridgehead atoms. The lowest BCUT2D eigenvalue weighted by atomic mass is 9.88. The van der Waals surface area contributed by atoms with Gasteiger partial charge in [-0.3, -0.25) is 0 Å². The molecule has 82 valence electrons. The van der Waals surface area contributed by atoms with Crippen molar-refractivity contribution in [3.05, 3.63) is 29.3 Å². The maximum absolute atomic E-state index is 5.64. The zero-order valence-corrected chi connectivity index (χ0v) is 9.67. The Morgan fingerprint density at radius 2 is 2.27 bits per heavy atom. The van der Waals surface area contributed by atoms with Gasteiger partial charge in [-0.2, -0.15) is 0 Å². The first-order chi connectivity index (χ1) is 7.19. The number of aryl methyl sites for hydroxylation is 1. The zero-order valence-electron chi connectivity index (χ0n) is 9.67. The third-order valence-corrected chi connectivity index (χ3v) is 3.31. The van der Waals surface area contributed by atoms with Crippen molar-refractivity contribution in [2.45, 2.75) is 32.3 Å². The second-order valence-corrected chi connectivity index (χ2v) is 4.22. The van der Waals surface area contributed by atoms with Crippen LogP contribution in [0.3, 0.4) is 0 Å². The number of hydrogen-bond acceptors (Lipinski definition) is 2. The van der Waals surface area contributed by atoms with E-state index in [2.05, 4.69) is 32.0 Å². The van der Waals surface area contributed by atoms with Gasteiger partial charge in [0, 0.05) is 19.1 Å². The van der Waals surface area contributed by atoms with Crippen LogP contribution < -0.4 is 4.74 Å². The fourth-order valence-corrected chi connectivity index (χ4v) is 2.04. The van der Waals surface area contributed by atoms with Crippen molar-refractivity contribution in [3.63, 3.8) is 0 Å². The zero-order chi connectivity index (χ0) is 10.9. The minimum absolute atomic E-state index is 0.182. The molecule has 1 unspecified atom stereocenters. The average molecular weight is 206 g/mol. The van der Waals surface area contributed by atoms with Gasteiger partial charge in [0.15, 0.2) is 0 Å². The molecule has 1 aromatic carbocycles. The molecule has 1 heterocycles. The molecule has 2 nitrogen and oxygen atoms in total. The fraction of sp³-hybridized carbons (Fsp3) is 0.538. The summed E-state index contributed by atoms with van der Waals surface area (Å²) in [4.78, 5) is 0. The molecule has 0 radical (unpaired) electrons. The quantitative estimate of drug-likeness (QED) is 0.740. The minimum Gasteiger partial charge on any atom is -0.493 e. The van der Waals surface area contributed by atoms with Gasteiger partial charge in [-0.1, -0.05) is 13.0 Å². The predicted octanol–water partition coefficient (Wildman–Crippen LogP) is 2.89. The van der Waals surface area contributed by atoms with Crippen LogP contribution in [-0.2, 0) is 16.8 Å². The maximum atomic E-state index is 5.64. The van der Waals surface area contributed by atoms with Crippen LogP contribution in [0.4, 0.5) is 0 Å². The Hall–Kier alpha value is -1.02. The van der Waals surface area contributed by atoms with E-state index in [-0.39, 0.29) is 5.60 Å². The molecule has 1 aliphatic rings. The summed E-state index contributed by atoms with van der Waals surface area (Å²) in [7, 11) is 1.77. The Morgan fingerprint density at radius 1 is 1.47 bits per heavy atom. The average Bonchev–Trinajstić information content (AvgIpc) is 2.29. The summed E-state index contributed by atoms with van der Waals surface area (Å²) < 4.78 is 11.3. The summed E-state index contributed by atoms with van der Waals surface area (Å²) in [6.07, 6.45) is 1.97. The summed E-state index contributed by atoms with van der Waals surface area (Å²) in [6, 6.07) is 6.39. The van der Waals surface area contributed by atoms with E-state index in [1.807, 2.05) is 0 Å². The third kappa shape index (κ3) is 1.74. The van der Waals surface area contributed by atoms with Crippen molar-refractivity contribution in [1.29, 1.82) is 0 Å². The van der Waals surface area contributed by atoms with Crippen LogP contribution in [0.15, 0.2) is 18.2 Å². The highest BCUT2D eigenvalue weighted by molar-refractivity contribution is 5.42. The first kappa shape index (κ1) is 10.5. The van der Waals surface area contributed by atoms with Crippen LogP contribution in [0.5, 0.6) is 5.75 Å². The summed E-state index contributed by atoms with van der Waals surface area (Å²) in [6.45, 7) is 5.03. The monoisotopic (exact) mass is 206 g/mol. The number of rotatable bonds is 2. The van der Waals surface area contributed by atoms with E-state index in [0.717, 1.165) is 25.2 Å². The van der Waals surface area contributed by atoms with Crippen LogP contribution in [0.2, 0.25) is 0 Å². The Balaban J connectivity index is 2.48. The highest BCUT2D eigenvalue weighted by Gasteiger charge is 2.33. The van der Waals surface area contributed by atoms with Crippen molar-refractivity contribution in [3.8, 4) is 5.75 Å². The van der Waals surface area contributed by atoms with E-state index >= 15 is 0 Å². The van der Waals surface area contributed by atoms with Crippen LogP contribution in [-0.4, -0.2) is 13.7 Å². The van der Waals surface area contributed by atoms with Crippen LogP contribution >= 0.6 is 0 Å². The van der Waals surface area contributed by atoms with Crippen LogP contribution in [0.25, 0.3) is 0 Å². The standard InChI is InChI=1S/C13H18O2/c1-4-10-5-6-12-11(9-10)13(2,14-3)7-8-15-12/h5-6,9H,4,7-8H2,1-3H3. The van der Waals surface area contributed by atoms with Gasteiger partial charge in [0.05, 0.1) is 12.2 Å². The molecule has 0 aliphatic carbocycles. The van der Waals surface area contributed by atoms with Crippen molar-refractivity contribution >= 4 is 0 Å². The molecule has 1 aliphatic heterocycles. The van der Waals surface area contributed by atoms with E-state index in [1.165, 1.54) is 11.1 Å². The highest BCUT2D eigenvalue weighted by atomic mass is 16.5.